The van der Waals surface area contributed by atoms with Crippen molar-refractivity contribution in [3.63, 3.8) is 0 Å². The van der Waals surface area contributed by atoms with Gasteiger partial charge >= 0.3 is 0 Å². The second-order valence-corrected chi connectivity index (χ2v) is 8.73. The van der Waals surface area contributed by atoms with Crippen LogP contribution in [-0.2, 0) is 11.3 Å². The number of hydrogen-bond acceptors (Lipinski definition) is 3. The molecule has 0 spiro atoms. The number of nitrogens with zero attached hydrogens (tertiary/aromatic N) is 2. The van der Waals surface area contributed by atoms with Gasteiger partial charge < -0.3 is 4.57 Å². The maximum Gasteiger partial charge on any atom is 0.293 e. The van der Waals surface area contributed by atoms with Gasteiger partial charge in [-0.2, -0.15) is 0 Å². The summed E-state index contributed by atoms with van der Waals surface area (Å²) in [5, 5.41) is -0.193. The molecule has 2 amide bonds. The topological polar surface area (TPSA) is 42.3 Å². The molecule has 4 nitrogen and oxygen atoms in total. The molecule has 1 saturated heterocycles. The quantitative estimate of drug-likeness (QED) is 0.611. The largest absolute Gasteiger partial charge is 0.346 e. The minimum Gasteiger partial charge on any atom is -0.346 e. The average Bonchev–Trinajstić information content (AvgIpc) is 3.13. The molecule has 1 saturated carbocycles. The Kier molecular flexibility index (Phi) is 5.44. The van der Waals surface area contributed by atoms with E-state index in [9.17, 15) is 9.59 Å². The van der Waals surface area contributed by atoms with Gasteiger partial charge in [0, 0.05) is 17.4 Å². The van der Waals surface area contributed by atoms with Crippen LogP contribution in [-0.4, -0.2) is 20.6 Å². The normalized spacial score (nSPS) is 19.8. The van der Waals surface area contributed by atoms with Crippen LogP contribution in [0.3, 0.4) is 0 Å². The van der Waals surface area contributed by atoms with Crippen molar-refractivity contribution in [3.8, 4) is 0 Å². The van der Waals surface area contributed by atoms with Crippen molar-refractivity contribution in [1.82, 2.24) is 9.47 Å². The van der Waals surface area contributed by atoms with E-state index in [2.05, 4.69) is 24.5 Å². The van der Waals surface area contributed by atoms with E-state index in [0.29, 0.717) is 17.5 Å². The van der Waals surface area contributed by atoms with Crippen LogP contribution < -0.4 is 0 Å². The van der Waals surface area contributed by atoms with Crippen LogP contribution >= 0.6 is 11.8 Å². The third kappa shape index (κ3) is 3.68. The lowest BCUT2D eigenvalue weighted by molar-refractivity contribution is -0.123. The number of amides is 2. The van der Waals surface area contributed by atoms with Gasteiger partial charge in [-0.3, -0.25) is 14.5 Å². The highest BCUT2D eigenvalue weighted by atomic mass is 32.2. The van der Waals surface area contributed by atoms with Gasteiger partial charge in [0.1, 0.15) is 0 Å². The minimum atomic E-state index is -0.193. The summed E-state index contributed by atoms with van der Waals surface area (Å²) in [5.41, 5.74) is 4.44. The second kappa shape index (κ2) is 8.00. The molecule has 5 heteroatoms. The molecule has 1 aliphatic heterocycles. The van der Waals surface area contributed by atoms with Crippen LogP contribution in [0.5, 0.6) is 0 Å². The van der Waals surface area contributed by atoms with Gasteiger partial charge in [-0.15, -0.1) is 0 Å². The Labute approximate surface area is 170 Å². The van der Waals surface area contributed by atoms with E-state index in [4.69, 9.17) is 0 Å². The van der Waals surface area contributed by atoms with E-state index in [1.54, 1.807) is 0 Å². The number of aromatic nitrogens is 1. The van der Waals surface area contributed by atoms with Gasteiger partial charge in [0.05, 0.1) is 11.4 Å². The number of rotatable bonds is 4. The first kappa shape index (κ1) is 19.1. The predicted molar refractivity (Wildman–Crippen MR) is 114 cm³/mol. The van der Waals surface area contributed by atoms with Crippen molar-refractivity contribution in [3.05, 3.63) is 63.8 Å². The van der Waals surface area contributed by atoms with E-state index >= 15 is 0 Å². The molecule has 0 atom stereocenters. The number of carbonyl (C=O) groups excluding carboxylic acids is 2. The first-order chi connectivity index (χ1) is 13.5. The zero-order valence-corrected chi connectivity index (χ0v) is 17.3. The SMILES string of the molecule is Cc1cc(/C=C2\SC(=O)N(Cc3ccccc3)C2=O)c(C)n1C1CCCCC1. The minimum absolute atomic E-state index is 0.193. The molecule has 1 aromatic carbocycles. The fraction of sp³-hybridized carbons (Fsp3) is 0.391. The summed E-state index contributed by atoms with van der Waals surface area (Å²) in [6.45, 7) is 4.59. The van der Waals surface area contributed by atoms with Gasteiger partial charge in [0.15, 0.2) is 0 Å². The van der Waals surface area contributed by atoms with E-state index in [1.165, 1.54) is 48.4 Å². The maximum atomic E-state index is 12.8. The summed E-state index contributed by atoms with van der Waals surface area (Å²) in [7, 11) is 0. The molecule has 0 radical (unpaired) electrons. The third-order valence-corrected chi connectivity index (χ3v) is 6.71. The highest BCUT2D eigenvalue weighted by Gasteiger charge is 2.35. The second-order valence-electron chi connectivity index (χ2n) is 7.74. The zero-order valence-electron chi connectivity index (χ0n) is 16.5. The number of benzene rings is 1. The Morgan fingerprint density at radius 2 is 1.79 bits per heavy atom. The monoisotopic (exact) mass is 394 g/mol. The first-order valence-corrected chi connectivity index (χ1v) is 10.8. The summed E-state index contributed by atoms with van der Waals surface area (Å²) >= 11 is 1.04. The molecular weight excluding hydrogens is 368 g/mol. The van der Waals surface area contributed by atoms with Crippen LogP contribution in [0.1, 0.15) is 60.7 Å². The van der Waals surface area contributed by atoms with Crippen molar-refractivity contribution < 1.29 is 9.59 Å². The fourth-order valence-corrected chi connectivity index (χ4v) is 5.22. The Bertz CT molecular complexity index is 924. The molecule has 2 aliphatic rings. The summed E-state index contributed by atoms with van der Waals surface area (Å²) in [4.78, 5) is 27.1. The molecule has 146 valence electrons. The number of imide groups is 1. The predicted octanol–water partition coefficient (Wildman–Crippen LogP) is 5.85. The summed E-state index contributed by atoms with van der Waals surface area (Å²) in [6.07, 6.45) is 8.26. The molecule has 0 unspecified atom stereocenters. The lowest BCUT2D eigenvalue weighted by atomic mass is 9.95. The first-order valence-electron chi connectivity index (χ1n) is 10.0. The Balaban J connectivity index is 1.57. The van der Waals surface area contributed by atoms with E-state index in [-0.39, 0.29) is 11.1 Å². The molecule has 2 heterocycles. The van der Waals surface area contributed by atoms with Crippen molar-refractivity contribution in [2.24, 2.45) is 0 Å². The summed E-state index contributed by atoms with van der Waals surface area (Å²) < 4.78 is 2.43. The Hall–Kier alpha value is -2.27. The average molecular weight is 395 g/mol. The molecule has 1 aliphatic carbocycles. The zero-order chi connectivity index (χ0) is 19.7. The molecule has 1 aromatic heterocycles. The van der Waals surface area contributed by atoms with Crippen molar-refractivity contribution >= 4 is 29.0 Å². The molecule has 2 fully saturated rings. The van der Waals surface area contributed by atoms with E-state index in [0.717, 1.165) is 22.9 Å². The van der Waals surface area contributed by atoms with Crippen molar-refractivity contribution in [1.29, 1.82) is 0 Å². The van der Waals surface area contributed by atoms with Crippen LogP contribution in [0.25, 0.3) is 6.08 Å². The summed E-state index contributed by atoms with van der Waals surface area (Å²) in [6, 6.07) is 12.3. The van der Waals surface area contributed by atoms with Gasteiger partial charge in [-0.1, -0.05) is 49.6 Å². The van der Waals surface area contributed by atoms with E-state index in [1.807, 2.05) is 36.4 Å². The fourth-order valence-electron chi connectivity index (χ4n) is 4.39. The van der Waals surface area contributed by atoms with Crippen LogP contribution in [0.2, 0.25) is 0 Å². The van der Waals surface area contributed by atoms with Gasteiger partial charge in [-0.25, -0.2) is 0 Å². The highest BCUT2D eigenvalue weighted by Crippen LogP contribution is 2.36. The van der Waals surface area contributed by atoms with Crippen molar-refractivity contribution in [2.75, 3.05) is 0 Å². The number of carbonyl (C=O) groups is 2. The standard InChI is InChI=1S/C23H26N2O2S/c1-16-13-19(17(2)25(16)20-11-7-4-8-12-20)14-21-22(26)24(23(27)28-21)15-18-9-5-3-6-10-18/h3,5-6,9-10,13-14,20H,4,7-8,11-12,15H2,1-2H3/b21-14-. The lowest BCUT2D eigenvalue weighted by Crippen LogP contribution is -2.27. The maximum absolute atomic E-state index is 12.8. The molecular formula is C23H26N2O2S. The lowest BCUT2D eigenvalue weighted by Gasteiger charge is -2.26. The third-order valence-electron chi connectivity index (χ3n) is 5.81. The number of hydrogen-bond donors (Lipinski definition) is 0. The molecule has 0 N–H and O–H groups in total. The van der Waals surface area contributed by atoms with Gasteiger partial charge in [-0.05, 0) is 61.7 Å². The number of thioether (sulfide) groups is 1. The van der Waals surface area contributed by atoms with Crippen molar-refractivity contribution in [2.45, 2.75) is 58.5 Å². The molecule has 4 rings (SSSR count). The van der Waals surface area contributed by atoms with Gasteiger partial charge in [0.25, 0.3) is 11.1 Å². The Morgan fingerprint density at radius 1 is 1.07 bits per heavy atom. The van der Waals surface area contributed by atoms with E-state index < -0.39 is 0 Å². The van der Waals surface area contributed by atoms with Crippen LogP contribution in [0, 0.1) is 13.8 Å². The summed E-state index contributed by atoms with van der Waals surface area (Å²) in [5.74, 6) is -0.193. The number of aryl methyl sites for hydroxylation is 1. The van der Waals surface area contributed by atoms with Crippen LogP contribution in [0.4, 0.5) is 4.79 Å². The smallest absolute Gasteiger partial charge is 0.293 e. The van der Waals surface area contributed by atoms with Gasteiger partial charge in [0.2, 0.25) is 0 Å². The molecule has 28 heavy (non-hydrogen) atoms. The van der Waals surface area contributed by atoms with Crippen LogP contribution in [0.15, 0.2) is 41.3 Å². The molecule has 2 aromatic rings. The highest BCUT2D eigenvalue weighted by molar-refractivity contribution is 8.18. The molecule has 0 bridgehead atoms. The Morgan fingerprint density at radius 3 is 2.50 bits per heavy atom.